The highest BCUT2D eigenvalue weighted by Gasteiger charge is 2.36. The van der Waals surface area contributed by atoms with Crippen LogP contribution < -0.4 is 4.90 Å². The molecule has 0 amide bonds. The van der Waals surface area contributed by atoms with Gasteiger partial charge in [-0.1, -0.05) is 11.6 Å². The van der Waals surface area contributed by atoms with Gasteiger partial charge in [0.2, 0.25) is 5.82 Å². The predicted octanol–water partition coefficient (Wildman–Crippen LogP) is 1.49. The van der Waals surface area contributed by atoms with Crippen molar-refractivity contribution in [3.05, 3.63) is 27.4 Å². The van der Waals surface area contributed by atoms with Crippen molar-refractivity contribution in [1.82, 2.24) is 4.98 Å². The molecule has 2 rings (SSSR count). The summed E-state index contributed by atoms with van der Waals surface area (Å²) in [5, 5.41) is 11.2. The van der Waals surface area contributed by atoms with Crippen molar-refractivity contribution in [1.29, 1.82) is 0 Å². The van der Waals surface area contributed by atoms with Gasteiger partial charge in [0.1, 0.15) is 17.4 Å². The van der Waals surface area contributed by atoms with E-state index in [4.69, 9.17) is 21.1 Å². The van der Waals surface area contributed by atoms with Gasteiger partial charge in [-0.25, -0.2) is 4.98 Å². The molecule has 0 saturated carbocycles. The first-order valence-electron chi connectivity index (χ1n) is 5.68. The first-order valence-corrected chi connectivity index (χ1v) is 6.06. The minimum absolute atomic E-state index is 0.0731. The van der Waals surface area contributed by atoms with Gasteiger partial charge < -0.3 is 14.4 Å². The van der Waals surface area contributed by atoms with Crippen LogP contribution in [0.5, 0.6) is 0 Å². The number of rotatable bonds is 4. The second-order valence-corrected chi connectivity index (χ2v) is 4.57. The average molecular weight is 288 g/mol. The summed E-state index contributed by atoms with van der Waals surface area (Å²) in [6.07, 6.45) is -0.296. The third-order valence-corrected chi connectivity index (χ3v) is 3.35. The van der Waals surface area contributed by atoms with Gasteiger partial charge in [-0.15, -0.1) is 0 Å². The van der Waals surface area contributed by atoms with Crippen molar-refractivity contribution in [3.63, 3.8) is 0 Å². The number of aromatic nitrogens is 1. The van der Waals surface area contributed by atoms with Gasteiger partial charge in [0, 0.05) is 33.4 Å². The molecule has 1 aromatic heterocycles. The van der Waals surface area contributed by atoms with Gasteiger partial charge in [-0.2, -0.15) is 0 Å². The zero-order valence-corrected chi connectivity index (χ0v) is 11.3. The molecule has 1 aliphatic rings. The molecule has 0 spiro atoms. The first-order chi connectivity index (χ1) is 9.06. The average Bonchev–Trinajstić information content (AvgIpc) is 2.81. The van der Waals surface area contributed by atoms with E-state index in [0.29, 0.717) is 13.1 Å². The maximum atomic E-state index is 11.0. The van der Waals surface area contributed by atoms with Crippen LogP contribution in [-0.4, -0.2) is 49.4 Å². The summed E-state index contributed by atoms with van der Waals surface area (Å²) in [6.45, 7) is 0.951. The number of anilines is 1. The second kappa shape index (κ2) is 5.68. The molecule has 0 N–H and O–H groups in total. The minimum Gasteiger partial charge on any atom is -0.377 e. The maximum absolute atomic E-state index is 11.0. The number of hydrogen-bond donors (Lipinski definition) is 0. The zero-order chi connectivity index (χ0) is 14.0. The molecule has 2 unspecified atom stereocenters. The lowest BCUT2D eigenvalue weighted by Crippen LogP contribution is -2.27. The van der Waals surface area contributed by atoms with E-state index in [1.165, 1.54) is 12.1 Å². The Morgan fingerprint density at radius 3 is 2.42 bits per heavy atom. The number of ether oxygens (including phenoxy) is 2. The lowest BCUT2D eigenvalue weighted by atomic mass is 10.3. The van der Waals surface area contributed by atoms with Crippen LogP contribution in [0.2, 0.25) is 5.15 Å². The van der Waals surface area contributed by atoms with E-state index in [1.807, 2.05) is 0 Å². The Hall–Kier alpha value is -1.44. The van der Waals surface area contributed by atoms with Crippen molar-refractivity contribution in [2.45, 2.75) is 12.2 Å². The second-order valence-electron chi connectivity index (χ2n) is 4.19. The van der Waals surface area contributed by atoms with E-state index in [1.54, 1.807) is 19.1 Å². The number of nitro groups is 1. The van der Waals surface area contributed by atoms with Gasteiger partial charge in [0.25, 0.3) is 0 Å². The Morgan fingerprint density at radius 2 is 1.95 bits per heavy atom. The van der Waals surface area contributed by atoms with Crippen LogP contribution >= 0.6 is 11.6 Å². The number of halogens is 1. The fraction of sp³-hybridized carbons (Fsp3) is 0.545. The van der Waals surface area contributed by atoms with Gasteiger partial charge in [0.05, 0.1) is 4.92 Å². The summed E-state index contributed by atoms with van der Waals surface area (Å²) < 4.78 is 10.6. The van der Waals surface area contributed by atoms with E-state index in [2.05, 4.69) is 4.98 Å². The van der Waals surface area contributed by atoms with Crippen molar-refractivity contribution >= 4 is 23.1 Å². The van der Waals surface area contributed by atoms with Gasteiger partial charge in [0.15, 0.2) is 0 Å². The molecule has 2 atom stereocenters. The van der Waals surface area contributed by atoms with E-state index >= 15 is 0 Å². The quantitative estimate of drug-likeness (QED) is 0.474. The lowest BCUT2D eigenvalue weighted by Gasteiger charge is -2.16. The number of nitrogens with zero attached hydrogens (tertiary/aromatic N) is 3. The molecule has 1 fully saturated rings. The van der Waals surface area contributed by atoms with Crippen molar-refractivity contribution in [2.24, 2.45) is 0 Å². The highest BCUT2D eigenvalue weighted by molar-refractivity contribution is 6.29. The summed E-state index contributed by atoms with van der Waals surface area (Å²) in [4.78, 5) is 16.4. The predicted molar refractivity (Wildman–Crippen MR) is 69.7 cm³/mol. The SMILES string of the molecule is COC1CN(c2nc(Cl)ccc2[N+](=O)[O-])CC1OC. The number of hydrogen-bond acceptors (Lipinski definition) is 6. The largest absolute Gasteiger partial charge is 0.377 e. The number of pyridine rings is 1. The summed E-state index contributed by atoms with van der Waals surface area (Å²) in [7, 11) is 3.17. The standard InChI is InChI=1S/C11H14ClN3O4/c1-18-8-5-14(6-9(8)19-2)11-7(15(16)17)3-4-10(12)13-11/h3-4,8-9H,5-6H2,1-2H3. The molecule has 104 valence electrons. The molecule has 19 heavy (non-hydrogen) atoms. The van der Waals surface area contributed by atoms with Crippen molar-refractivity contribution in [3.8, 4) is 0 Å². The highest BCUT2D eigenvalue weighted by atomic mass is 35.5. The maximum Gasteiger partial charge on any atom is 0.311 e. The molecule has 0 aromatic carbocycles. The van der Waals surface area contributed by atoms with Crippen LogP contribution in [0, 0.1) is 10.1 Å². The van der Waals surface area contributed by atoms with E-state index in [9.17, 15) is 10.1 Å². The molecule has 1 aliphatic heterocycles. The summed E-state index contributed by atoms with van der Waals surface area (Å²) in [5.41, 5.74) is -0.0731. The van der Waals surface area contributed by atoms with Crippen LogP contribution in [0.1, 0.15) is 0 Å². The van der Waals surface area contributed by atoms with Crippen LogP contribution in [0.3, 0.4) is 0 Å². The molecule has 8 heteroatoms. The lowest BCUT2D eigenvalue weighted by molar-refractivity contribution is -0.384. The summed E-state index contributed by atoms with van der Waals surface area (Å²) in [6, 6.07) is 2.76. The molecular weight excluding hydrogens is 274 g/mol. The fourth-order valence-electron chi connectivity index (χ4n) is 2.16. The third-order valence-electron chi connectivity index (χ3n) is 3.14. The van der Waals surface area contributed by atoms with Crippen molar-refractivity contribution in [2.75, 3.05) is 32.2 Å². The molecule has 0 bridgehead atoms. The van der Waals surface area contributed by atoms with E-state index < -0.39 is 4.92 Å². The Bertz CT molecular complexity index is 473. The van der Waals surface area contributed by atoms with E-state index in [-0.39, 0.29) is 28.9 Å². The molecule has 2 heterocycles. The monoisotopic (exact) mass is 287 g/mol. The van der Waals surface area contributed by atoms with Gasteiger partial charge in [-0.3, -0.25) is 10.1 Å². The summed E-state index contributed by atoms with van der Waals surface area (Å²) in [5.74, 6) is 0.249. The first kappa shape index (κ1) is 14.0. The van der Waals surface area contributed by atoms with Crippen LogP contribution in [0.4, 0.5) is 11.5 Å². The molecule has 0 aliphatic carbocycles. The topological polar surface area (TPSA) is 77.7 Å². The molecule has 7 nitrogen and oxygen atoms in total. The van der Waals surface area contributed by atoms with Crippen LogP contribution in [0.15, 0.2) is 12.1 Å². The normalized spacial score (nSPS) is 22.8. The van der Waals surface area contributed by atoms with Crippen molar-refractivity contribution < 1.29 is 14.4 Å². The van der Waals surface area contributed by atoms with Gasteiger partial charge >= 0.3 is 5.69 Å². The van der Waals surface area contributed by atoms with Crippen LogP contribution in [0.25, 0.3) is 0 Å². The smallest absolute Gasteiger partial charge is 0.311 e. The van der Waals surface area contributed by atoms with Crippen LogP contribution in [-0.2, 0) is 9.47 Å². The van der Waals surface area contributed by atoms with E-state index in [0.717, 1.165) is 0 Å². The molecule has 0 radical (unpaired) electrons. The Morgan fingerprint density at radius 1 is 1.37 bits per heavy atom. The highest BCUT2D eigenvalue weighted by Crippen LogP contribution is 2.31. The molecule has 1 aromatic rings. The van der Waals surface area contributed by atoms with Gasteiger partial charge in [-0.05, 0) is 6.07 Å². The Kier molecular flexibility index (Phi) is 4.18. The third kappa shape index (κ3) is 2.78. The Balaban J connectivity index is 2.32. The molecular formula is C11H14ClN3O4. The summed E-state index contributed by atoms with van der Waals surface area (Å²) >= 11 is 5.82. The Labute approximate surface area is 115 Å². The number of methoxy groups -OCH3 is 2. The molecule has 1 saturated heterocycles. The zero-order valence-electron chi connectivity index (χ0n) is 10.6. The minimum atomic E-state index is -0.472. The fourth-order valence-corrected chi connectivity index (χ4v) is 2.31.